The van der Waals surface area contributed by atoms with Gasteiger partial charge in [0.2, 0.25) is 5.91 Å². The van der Waals surface area contributed by atoms with Crippen molar-refractivity contribution in [2.24, 2.45) is 5.92 Å². The van der Waals surface area contributed by atoms with E-state index in [9.17, 15) is 27.9 Å². The van der Waals surface area contributed by atoms with Crippen LogP contribution in [0.2, 0.25) is 0 Å². The van der Waals surface area contributed by atoms with E-state index in [1.165, 1.54) is 18.2 Å². The molecule has 1 amide bonds. The van der Waals surface area contributed by atoms with Crippen LogP contribution in [-0.2, 0) is 9.59 Å². The van der Waals surface area contributed by atoms with E-state index in [0.29, 0.717) is 11.8 Å². The highest BCUT2D eigenvalue weighted by atomic mass is 32.2. The zero-order chi connectivity index (χ0) is 15.3. The zero-order valence-electron chi connectivity index (χ0n) is 10.4. The summed E-state index contributed by atoms with van der Waals surface area (Å²) in [5, 5.41) is 10.8. The van der Waals surface area contributed by atoms with Crippen molar-refractivity contribution in [3.63, 3.8) is 0 Å². The van der Waals surface area contributed by atoms with Crippen molar-refractivity contribution in [2.75, 3.05) is 11.1 Å². The monoisotopic (exact) mass is 307 g/mol. The van der Waals surface area contributed by atoms with Gasteiger partial charge in [-0.1, -0.05) is 17.8 Å². The molecule has 1 rings (SSSR count). The highest BCUT2D eigenvalue weighted by molar-refractivity contribution is 8.13. The number of carbonyl (C=O) groups excluding carboxylic acids is 2. The number of carbonyl (C=O) groups is 2. The van der Waals surface area contributed by atoms with Gasteiger partial charge in [-0.05, 0) is 12.1 Å². The lowest BCUT2D eigenvalue weighted by molar-refractivity contribution is -0.174. The fourth-order valence-electron chi connectivity index (χ4n) is 1.33. The number of nitrogens with one attached hydrogen (secondary N) is 1. The Labute approximate surface area is 117 Å². The summed E-state index contributed by atoms with van der Waals surface area (Å²) in [6.07, 6.45) is -4.75. The van der Waals surface area contributed by atoms with Crippen LogP contribution in [0.25, 0.3) is 0 Å². The largest absolute Gasteiger partial charge is 0.508 e. The highest BCUT2D eigenvalue weighted by Crippen LogP contribution is 2.30. The van der Waals surface area contributed by atoms with Gasteiger partial charge in [0.15, 0.2) is 5.12 Å². The molecule has 0 aliphatic heterocycles. The number of thioether (sulfide) groups is 1. The molecular formula is C12H12F3NO3S. The van der Waals surface area contributed by atoms with Crippen LogP contribution in [0.15, 0.2) is 24.3 Å². The summed E-state index contributed by atoms with van der Waals surface area (Å²) in [5.74, 6) is -4.41. The van der Waals surface area contributed by atoms with E-state index < -0.39 is 28.9 Å². The van der Waals surface area contributed by atoms with Crippen molar-refractivity contribution < 1.29 is 27.9 Å². The molecule has 110 valence electrons. The van der Waals surface area contributed by atoms with Crippen LogP contribution >= 0.6 is 11.8 Å². The summed E-state index contributed by atoms with van der Waals surface area (Å²) in [6.45, 7) is 1.13. The molecule has 0 aliphatic rings. The molecule has 0 fully saturated rings. The number of rotatable bonds is 4. The van der Waals surface area contributed by atoms with Gasteiger partial charge >= 0.3 is 6.18 Å². The number of anilines is 1. The molecule has 0 aliphatic carbocycles. The first kappa shape index (κ1) is 16.4. The average molecular weight is 307 g/mol. The van der Waals surface area contributed by atoms with Crippen LogP contribution in [0, 0.1) is 5.92 Å². The maximum atomic E-state index is 12.8. The Morgan fingerprint density at radius 1 is 1.40 bits per heavy atom. The van der Waals surface area contributed by atoms with Crippen LogP contribution < -0.4 is 5.32 Å². The van der Waals surface area contributed by atoms with E-state index >= 15 is 0 Å². The van der Waals surface area contributed by atoms with Gasteiger partial charge in [-0.25, -0.2) is 0 Å². The second kappa shape index (κ2) is 6.65. The SMILES string of the molecule is CC(=O)SCC(C(=O)Nc1cccc(O)c1)C(F)(F)F. The van der Waals surface area contributed by atoms with Crippen LogP contribution in [0.4, 0.5) is 18.9 Å². The van der Waals surface area contributed by atoms with Crippen molar-refractivity contribution in [3.8, 4) is 5.75 Å². The minimum Gasteiger partial charge on any atom is -0.508 e. The Bertz CT molecular complexity index is 505. The summed E-state index contributed by atoms with van der Waals surface area (Å²) in [7, 11) is 0. The van der Waals surface area contributed by atoms with Gasteiger partial charge in [-0.2, -0.15) is 13.2 Å². The topological polar surface area (TPSA) is 66.4 Å². The molecule has 0 spiro atoms. The minimum absolute atomic E-state index is 0.0528. The van der Waals surface area contributed by atoms with Gasteiger partial charge < -0.3 is 10.4 Å². The fourth-order valence-corrected chi connectivity index (χ4v) is 2.07. The molecule has 8 heteroatoms. The Hall–Kier alpha value is -1.70. The van der Waals surface area contributed by atoms with E-state index in [0.717, 1.165) is 13.0 Å². The molecule has 1 aromatic carbocycles. The first-order chi connectivity index (χ1) is 9.20. The summed E-state index contributed by atoms with van der Waals surface area (Å²) >= 11 is 0.439. The van der Waals surface area contributed by atoms with E-state index in [2.05, 4.69) is 5.32 Å². The van der Waals surface area contributed by atoms with Crippen LogP contribution in [-0.4, -0.2) is 28.1 Å². The number of benzene rings is 1. The highest BCUT2D eigenvalue weighted by Gasteiger charge is 2.44. The predicted molar refractivity (Wildman–Crippen MR) is 69.4 cm³/mol. The van der Waals surface area contributed by atoms with Gasteiger partial charge in [0.05, 0.1) is 0 Å². The fraction of sp³-hybridized carbons (Fsp3) is 0.333. The van der Waals surface area contributed by atoms with Gasteiger partial charge in [0.1, 0.15) is 11.7 Å². The molecule has 1 unspecified atom stereocenters. The molecule has 1 aromatic rings. The lowest BCUT2D eigenvalue weighted by atomic mass is 10.1. The van der Waals surface area contributed by atoms with Crippen molar-refractivity contribution in [1.82, 2.24) is 0 Å². The number of halogens is 3. The molecule has 0 saturated heterocycles. The molecule has 0 bridgehead atoms. The maximum Gasteiger partial charge on any atom is 0.401 e. The third-order valence-corrected chi connectivity index (χ3v) is 3.19. The number of amides is 1. The number of phenolic OH excluding ortho intramolecular Hbond substituents is 1. The second-order valence-corrected chi connectivity index (χ2v) is 5.13. The molecule has 0 radical (unpaired) electrons. The molecule has 2 N–H and O–H groups in total. The first-order valence-corrected chi connectivity index (χ1v) is 6.48. The lowest BCUT2D eigenvalue weighted by Gasteiger charge is -2.18. The van der Waals surface area contributed by atoms with E-state index in [4.69, 9.17) is 0 Å². The number of phenols is 1. The quantitative estimate of drug-likeness (QED) is 0.897. The van der Waals surface area contributed by atoms with Crippen molar-refractivity contribution in [3.05, 3.63) is 24.3 Å². The normalized spacial score (nSPS) is 12.8. The molecule has 4 nitrogen and oxygen atoms in total. The third-order valence-electron chi connectivity index (χ3n) is 2.28. The molecule has 0 heterocycles. The number of aromatic hydroxyl groups is 1. The Kier molecular flexibility index (Phi) is 5.43. The predicted octanol–water partition coefficient (Wildman–Crippen LogP) is 2.79. The molecular weight excluding hydrogens is 295 g/mol. The van der Waals surface area contributed by atoms with Crippen LogP contribution in [0.3, 0.4) is 0 Å². The molecule has 0 saturated carbocycles. The van der Waals surface area contributed by atoms with Crippen LogP contribution in [0.5, 0.6) is 5.75 Å². The third kappa shape index (κ3) is 5.12. The maximum absolute atomic E-state index is 12.8. The first-order valence-electron chi connectivity index (χ1n) is 5.50. The van der Waals surface area contributed by atoms with Gasteiger partial charge in [-0.3, -0.25) is 9.59 Å². The van der Waals surface area contributed by atoms with Gasteiger partial charge in [0, 0.05) is 24.4 Å². The molecule has 1 atom stereocenters. The summed E-state index contributed by atoms with van der Waals surface area (Å²) < 4.78 is 38.3. The lowest BCUT2D eigenvalue weighted by Crippen LogP contribution is -2.37. The minimum atomic E-state index is -4.75. The second-order valence-electron chi connectivity index (χ2n) is 3.94. The Balaban J connectivity index is 2.80. The summed E-state index contributed by atoms with van der Waals surface area (Å²) in [4.78, 5) is 22.4. The number of hydrogen-bond acceptors (Lipinski definition) is 4. The molecule has 20 heavy (non-hydrogen) atoms. The smallest absolute Gasteiger partial charge is 0.401 e. The van der Waals surface area contributed by atoms with Crippen molar-refractivity contribution in [1.29, 1.82) is 0 Å². The average Bonchev–Trinajstić information content (AvgIpc) is 2.26. The van der Waals surface area contributed by atoms with Crippen molar-refractivity contribution >= 4 is 28.5 Å². The van der Waals surface area contributed by atoms with Gasteiger partial charge in [-0.15, -0.1) is 0 Å². The van der Waals surface area contributed by atoms with E-state index in [1.807, 2.05) is 0 Å². The molecule has 0 aromatic heterocycles. The van der Waals surface area contributed by atoms with E-state index in [1.54, 1.807) is 0 Å². The van der Waals surface area contributed by atoms with Crippen LogP contribution in [0.1, 0.15) is 6.92 Å². The Morgan fingerprint density at radius 3 is 2.55 bits per heavy atom. The standard InChI is InChI=1S/C12H12F3NO3S/c1-7(17)20-6-10(12(13,14)15)11(19)16-8-3-2-4-9(18)5-8/h2-5,10,18H,6H2,1H3,(H,16,19). The van der Waals surface area contributed by atoms with Crippen molar-refractivity contribution in [2.45, 2.75) is 13.1 Å². The Morgan fingerprint density at radius 2 is 2.05 bits per heavy atom. The number of hydrogen-bond donors (Lipinski definition) is 2. The summed E-state index contributed by atoms with van der Waals surface area (Å²) in [5.41, 5.74) is 0.0528. The number of alkyl halides is 3. The zero-order valence-corrected chi connectivity index (χ0v) is 11.2. The van der Waals surface area contributed by atoms with Gasteiger partial charge in [0.25, 0.3) is 0 Å². The summed E-state index contributed by atoms with van der Waals surface area (Å²) in [6, 6.07) is 5.19. The van der Waals surface area contributed by atoms with E-state index in [-0.39, 0.29) is 11.4 Å².